The molecule has 1 amide bonds. The minimum absolute atomic E-state index is 0.0453. The Kier molecular flexibility index (Phi) is 5.88. The minimum Gasteiger partial charge on any atom is -0.466 e. The number of nitrogens with one attached hydrogen (secondary N) is 1. The van der Waals surface area contributed by atoms with Crippen LogP contribution in [0.5, 0.6) is 0 Å². The average molecular weight is 374 g/mol. The largest absolute Gasteiger partial charge is 0.466 e. The molecule has 7 heteroatoms. The second kappa shape index (κ2) is 8.33. The Morgan fingerprint density at radius 1 is 1.26 bits per heavy atom. The highest BCUT2D eigenvalue weighted by molar-refractivity contribution is 5.80. The third-order valence-electron chi connectivity index (χ3n) is 4.96. The first-order chi connectivity index (χ1) is 13.0. The molecule has 0 unspecified atom stereocenters. The van der Waals surface area contributed by atoms with Gasteiger partial charge in [0, 0.05) is 36.0 Å². The predicted octanol–water partition coefficient (Wildman–Crippen LogP) is 2.40. The third kappa shape index (κ3) is 4.53. The lowest BCUT2D eigenvalue weighted by Gasteiger charge is -2.31. The van der Waals surface area contributed by atoms with Crippen molar-refractivity contribution >= 4 is 22.8 Å². The van der Waals surface area contributed by atoms with Crippen LogP contribution in [0.1, 0.15) is 31.7 Å². The number of ether oxygens (including phenoxy) is 1. The van der Waals surface area contributed by atoms with Gasteiger partial charge in [0.2, 0.25) is 5.91 Å². The van der Waals surface area contributed by atoms with Crippen molar-refractivity contribution in [1.29, 1.82) is 0 Å². The number of hydrogen-bond acceptors (Lipinski definition) is 4. The Labute approximate surface area is 156 Å². The summed E-state index contributed by atoms with van der Waals surface area (Å²) in [4.78, 5) is 40.8. The van der Waals surface area contributed by atoms with E-state index in [0.29, 0.717) is 55.4 Å². The molecule has 27 heavy (non-hydrogen) atoms. The van der Waals surface area contributed by atoms with Crippen LogP contribution < -0.4 is 5.56 Å². The van der Waals surface area contributed by atoms with E-state index in [4.69, 9.17) is 4.74 Å². The monoisotopic (exact) mass is 374 g/mol. The lowest BCUT2D eigenvalue weighted by atomic mass is 9.96. The Balaban J connectivity index is 1.58. The van der Waals surface area contributed by atoms with Gasteiger partial charge in [0.05, 0.1) is 12.5 Å². The van der Waals surface area contributed by atoms with E-state index < -0.39 is 0 Å². The number of rotatable bonds is 5. The zero-order chi connectivity index (χ0) is 19.4. The van der Waals surface area contributed by atoms with Crippen LogP contribution in [0.2, 0.25) is 0 Å². The number of hydrogen-bond donors (Lipinski definition) is 1. The number of pyridine rings is 1. The van der Waals surface area contributed by atoms with Gasteiger partial charge in [0.25, 0.3) is 5.56 Å². The molecular weight excluding hydrogens is 351 g/mol. The summed E-state index contributed by atoms with van der Waals surface area (Å²) in [5.74, 6) is -0.760. The van der Waals surface area contributed by atoms with E-state index in [2.05, 4.69) is 4.98 Å². The van der Waals surface area contributed by atoms with Crippen molar-refractivity contribution in [3.05, 3.63) is 46.0 Å². The SMILES string of the molecule is CCOC(=O)C1CCN(C(=O)CCc2cc3cc(F)ccc3[nH]c2=O)CC1. The molecule has 0 spiro atoms. The van der Waals surface area contributed by atoms with Gasteiger partial charge >= 0.3 is 5.97 Å². The van der Waals surface area contributed by atoms with Gasteiger partial charge in [0.15, 0.2) is 0 Å². The molecule has 1 saturated heterocycles. The predicted molar refractivity (Wildman–Crippen MR) is 98.8 cm³/mol. The molecular formula is C20H23FN2O4. The molecule has 3 rings (SSSR count). The smallest absolute Gasteiger partial charge is 0.309 e. The Morgan fingerprint density at radius 3 is 2.70 bits per heavy atom. The number of benzene rings is 1. The highest BCUT2D eigenvalue weighted by atomic mass is 19.1. The normalized spacial score (nSPS) is 15.1. The topological polar surface area (TPSA) is 79.5 Å². The Bertz CT molecular complexity index is 900. The van der Waals surface area contributed by atoms with Crippen LogP contribution in [-0.4, -0.2) is 41.5 Å². The molecule has 144 valence electrons. The quantitative estimate of drug-likeness (QED) is 0.815. The van der Waals surface area contributed by atoms with Crippen LogP contribution in [0, 0.1) is 11.7 Å². The Hall–Kier alpha value is -2.70. The number of aryl methyl sites for hydroxylation is 1. The van der Waals surface area contributed by atoms with Crippen LogP contribution in [0.15, 0.2) is 29.1 Å². The van der Waals surface area contributed by atoms with Crippen molar-refractivity contribution in [1.82, 2.24) is 9.88 Å². The molecule has 2 aromatic rings. The number of nitrogens with zero attached hydrogens (tertiary/aromatic N) is 1. The van der Waals surface area contributed by atoms with Crippen LogP contribution in [0.4, 0.5) is 4.39 Å². The van der Waals surface area contributed by atoms with Crippen LogP contribution in [-0.2, 0) is 20.7 Å². The molecule has 1 aromatic heterocycles. The second-order valence-corrected chi connectivity index (χ2v) is 6.76. The van der Waals surface area contributed by atoms with Crippen molar-refractivity contribution < 1.29 is 18.7 Å². The maximum absolute atomic E-state index is 13.4. The minimum atomic E-state index is -0.374. The summed E-state index contributed by atoms with van der Waals surface area (Å²) in [6.45, 7) is 3.17. The second-order valence-electron chi connectivity index (χ2n) is 6.76. The van der Waals surface area contributed by atoms with E-state index in [1.807, 2.05) is 0 Å². The molecule has 0 bridgehead atoms. The first-order valence-electron chi connectivity index (χ1n) is 9.23. The maximum Gasteiger partial charge on any atom is 0.309 e. The van der Waals surface area contributed by atoms with Crippen molar-refractivity contribution in [2.24, 2.45) is 5.92 Å². The highest BCUT2D eigenvalue weighted by Gasteiger charge is 2.28. The fraction of sp³-hybridized carbons (Fsp3) is 0.450. The van der Waals surface area contributed by atoms with Gasteiger partial charge in [-0.15, -0.1) is 0 Å². The third-order valence-corrected chi connectivity index (χ3v) is 4.96. The fourth-order valence-corrected chi connectivity index (χ4v) is 3.43. The standard InChI is InChI=1S/C20H23FN2O4/c1-2-27-20(26)13-7-9-23(10-8-13)18(24)6-3-14-11-15-12-16(21)4-5-17(15)22-19(14)25/h4-5,11-13H,2-3,6-10H2,1H3,(H,22,25). The number of carbonyl (C=O) groups is 2. The number of H-pyrrole nitrogens is 1. The van der Waals surface area contributed by atoms with Gasteiger partial charge < -0.3 is 14.6 Å². The van der Waals surface area contributed by atoms with E-state index in [-0.39, 0.29) is 35.6 Å². The molecule has 1 aliphatic rings. The van der Waals surface area contributed by atoms with E-state index in [0.717, 1.165) is 0 Å². The molecule has 0 atom stereocenters. The van der Waals surface area contributed by atoms with Gasteiger partial charge in [-0.25, -0.2) is 4.39 Å². The molecule has 2 heterocycles. The van der Waals surface area contributed by atoms with Crippen LogP contribution in [0.3, 0.4) is 0 Å². The first kappa shape index (κ1) is 19.1. The fourth-order valence-electron chi connectivity index (χ4n) is 3.43. The summed E-state index contributed by atoms with van der Waals surface area (Å²) in [6, 6.07) is 5.81. The number of halogens is 1. The van der Waals surface area contributed by atoms with E-state index in [1.54, 1.807) is 17.9 Å². The molecule has 0 aliphatic carbocycles. The van der Waals surface area contributed by atoms with Crippen molar-refractivity contribution in [3.63, 3.8) is 0 Å². The number of amides is 1. The molecule has 1 fully saturated rings. The summed E-state index contributed by atoms with van der Waals surface area (Å²) in [7, 11) is 0. The average Bonchev–Trinajstić information content (AvgIpc) is 2.66. The number of esters is 1. The van der Waals surface area contributed by atoms with E-state index >= 15 is 0 Å². The van der Waals surface area contributed by atoms with E-state index in [1.165, 1.54) is 18.2 Å². The lowest BCUT2D eigenvalue weighted by molar-refractivity contribution is -0.151. The number of likely N-dealkylation sites (tertiary alicyclic amines) is 1. The summed E-state index contributed by atoms with van der Waals surface area (Å²) in [5, 5.41) is 0.604. The lowest BCUT2D eigenvalue weighted by Crippen LogP contribution is -2.40. The molecule has 1 aromatic carbocycles. The number of fused-ring (bicyclic) bond motifs is 1. The van der Waals surface area contributed by atoms with Gasteiger partial charge in [-0.3, -0.25) is 14.4 Å². The van der Waals surface area contributed by atoms with Gasteiger partial charge in [0.1, 0.15) is 5.82 Å². The van der Waals surface area contributed by atoms with Crippen molar-refractivity contribution in [3.8, 4) is 0 Å². The summed E-state index contributed by atoms with van der Waals surface area (Å²) >= 11 is 0. The number of aromatic nitrogens is 1. The van der Waals surface area contributed by atoms with Crippen LogP contribution in [0.25, 0.3) is 10.9 Å². The molecule has 1 N–H and O–H groups in total. The molecule has 0 saturated carbocycles. The van der Waals surface area contributed by atoms with Crippen molar-refractivity contribution in [2.75, 3.05) is 19.7 Å². The number of carbonyl (C=O) groups excluding carboxylic acids is 2. The van der Waals surface area contributed by atoms with Gasteiger partial charge in [-0.2, -0.15) is 0 Å². The highest BCUT2D eigenvalue weighted by Crippen LogP contribution is 2.20. The van der Waals surface area contributed by atoms with Crippen LogP contribution >= 0.6 is 0 Å². The zero-order valence-electron chi connectivity index (χ0n) is 15.3. The first-order valence-corrected chi connectivity index (χ1v) is 9.23. The molecule has 1 aliphatic heterocycles. The Morgan fingerprint density at radius 2 is 2.00 bits per heavy atom. The van der Waals surface area contributed by atoms with E-state index in [9.17, 15) is 18.8 Å². The van der Waals surface area contributed by atoms with Gasteiger partial charge in [-0.1, -0.05) is 0 Å². The summed E-state index contributed by atoms with van der Waals surface area (Å²) < 4.78 is 18.4. The molecule has 6 nitrogen and oxygen atoms in total. The maximum atomic E-state index is 13.4. The summed E-state index contributed by atoms with van der Waals surface area (Å²) in [5.41, 5.74) is 0.767. The van der Waals surface area contributed by atoms with Crippen molar-refractivity contribution in [2.45, 2.75) is 32.6 Å². The van der Waals surface area contributed by atoms with Gasteiger partial charge in [-0.05, 0) is 50.5 Å². The summed E-state index contributed by atoms with van der Waals surface area (Å²) in [6.07, 6.45) is 1.69. The number of piperidine rings is 1. The number of aromatic amines is 1. The zero-order valence-corrected chi connectivity index (χ0v) is 15.3. The molecule has 0 radical (unpaired) electrons.